The molecule has 2 heteroatoms. The zero-order chi connectivity index (χ0) is 5.98. The molecule has 1 aliphatic rings. The lowest BCUT2D eigenvalue weighted by Gasteiger charge is -2.26. The summed E-state index contributed by atoms with van der Waals surface area (Å²) in [5.41, 5.74) is 0. The Kier molecular flexibility index (Phi) is 2.15. The first-order chi connectivity index (χ1) is 3.79. The summed E-state index contributed by atoms with van der Waals surface area (Å²) in [4.78, 5) is 0. The molecule has 0 spiro atoms. The third-order valence-electron chi connectivity index (χ3n) is 1.24. The molecule has 0 aliphatic carbocycles. The van der Waals surface area contributed by atoms with E-state index in [4.69, 9.17) is 16.3 Å². The number of alkyl halides is 1. The molecule has 1 radical (unpaired) electrons. The monoisotopic (exact) mass is 133 g/mol. The molecule has 1 saturated heterocycles. The van der Waals surface area contributed by atoms with Crippen LogP contribution in [0, 0.1) is 6.61 Å². The number of rotatable bonds is 2. The van der Waals surface area contributed by atoms with Crippen molar-refractivity contribution < 1.29 is 4.74 Å². The van der Waals surface area contributed by atoms with Gasteiger partial charge in [-0.2, -0.15) is 0 Å². The van der Waals surface area contributed by atoms with Crippen molar-refractivity contribution in [1.82, 2.24) is 0 Å². The summed E-state index contributed by atoms with van der Waals surface area (Å²) in [5, 5.41) is 0.258. The van der Waals surface area contributed by atoms with Gasteiger partial charge in [-0.1, -0.05) is 0 Å². The maximum Gasteiger partial charge on any atom is 0.0866 e. The van der Waals surface area contributed by atoms with Gasteiger partial charge in [-0.25, -0.2) is 0 Å². The quantitative estimate of drug-likeness (QED) is 0.524. The van der Waals surface area contributed by atoms with Crippen molar-refractivity contribution in [2.45, 2.75) is 31.2 Å². The third kappa shape index (κ3) is 1.64. The first kappa shape index (κ1) is 6.37. The van der Waals surface area contributed by atoms with Crippen molar-refractivity contribution in [3.05, 3.63) is 6.61 Å². The molecule has 0 amide bonds. The van der Waals surface area contributed by atoms with E-state index in [1.54, 1.807) is 0 Å². The second-order valence-corrected chi connectivity index (χ2v) is 2.92. The lowest BCUT2D eigenvalue weighted by atomic mass is 10.1. The number of ether oxygens (including phenoxy) is 1. The van der Waals surface area contributed by atoms with Gasteiger partial charge in [0.1, 0.15) is 0 Å². The normalized spacial score (nSPS) is 31.5. The highest BCUT2D eigenvalue weighted by atomic mass is 35.5. The Labute approximate surface area is 55.0 Å². The molecule has 2 atom stereocenters. The summed E-state index contributed by atoms with van der Waals surface area (Å²) < 4.78 is 5.03. The lowest BCUT2D eigenvalue weighted by molar-refractivity contribution is 0.00352. The molecule has 47 valence electrons. The van der Waals surface area contributed by atoms with Crippen LogP contribution in [0.4, 0.5) is 0 Å². The SMILES string of the molecule is CC(Cl)CC1C[CH]O1. The average molecular weight is 134 g/mol. The Morgan fingerprint density at radius 1 is 2.00 bits per heavy atom. The predicted octanol–water partition coefficient (Wildman–Crippen LogP) is 1.95. The van der Waals surface area contributed by atoms with Crippen LogP contribution in [0.1, 0.15) is 19.8 Å². The minimum absolute atomic E-state index is 0.258. The molecule has 0 N–H and O–H groups in total. The molecular weight excluding hydrogens is 124 g/mol. The summed E-state index contributed by atoms with van der Waals surface area (Å²) in [6.07, 6.45) is 2.48. The van der Waals surface area contributed by atoms with Crippen LogP contribution < -0.4 is 0 Å². The molecule has 8 heavy (non-hydrogen) atoms. The zero-order valence-electron chi connectivity index (χ0n) is 4.93. The second-order valence-electron chi connectivity index (χ2n) is 2.18. The third-order valence-corrected chi connectivity index (χ3v) is 1.41. The zero-order valence-corrected chi connectivity index (χ0v) is 5.69. The fraction of sp³-hybridized carbons (Fsp3) is 0.833. The van der Waals surface area contributed by atoms with Crippen molar-refractivity contribution in [3.63, 3.8) is 0 Å². The maximum atomic E-state index is 5.69. The molecule has 1 heterocycles. The summed E-state index contributed by atoms with van der Waals surface area (Å²) in [7, 11) is 0. The molecule has 0 aromatic rings. The molecule has 0 bridgehead atoms. The van der Waals surface area contributed by atoms with Gasteiger partial charge < -0.3 is 4.74 Å². The molecule has 0 aromatic carbocycles. The van der Waals surface area contributed by atoms with Crippen LogP contribution in [0.5, 0.6) is 0 Å². The van der Waals surface area contributed by atoms with Crippen molar-refractivity contribution in [2.75, 3.05) is 0 Å². The molecular formula is C6H10ClO. The first-order valence-electron chi connectivity index (χ1n) is 2.90. The highest BCUT2D eigenvalue weighted by Gasteiger charge is 2.19. The van der Waals surface area contributed by atoms with Gasteiger partial charge in [0.25, 0.3) is 0 Å². The van der Waals surface area contributed by atoms with Gasteiger partial charge in [0.15, 0.2) is 0 Å². The van der Waals surface area contributed by atoms with Crippen LogP contribution in [-0.4, -0.2) is 11.5 Å². The summed E-state index contributed by atoms with van der Waals surface area (Å²) >= 11 is 5.69. The average Bonchev–Trinajstić information content (AvgIpc) is 1.55. The highest BCUT2D eigenvalue weighted by molar-refractivity contribution is 6.20. The highest BCUT2D eigenvalue weighted by Crippen LogP contribution is 2.21. The Morgan fingerprint density at radius 2 is 2.62 bits per heavy atom. The minimum atomic E-state index is 0.258. The van der Waals surface area contributed by atoms with Gasteiger partial charge in [-0.15, -0.1) is 11.6 Å². The second kappa shape index (κ2) is 2.70. The smallest absolute Gasteiger partial charge is 0.0866 e. The minimum Gasteiger partial charge on any atom is -0.372 e. The van der Waals surface area contributed by atoms with Crippen LogP contribution in [-0.2, 0) is 4.74 Å². The van der Waals surface area contributed by atoms with E-state index in [2.05, 4.69) is 0 Å². The van der Waals surface area contributed by atoms with Crippen LogP contribution in [0.3, 0.4) is 0 Å². The van der Waals surface area contributed by atoms with Crippen LogP contribution in [0.2, 0.25) is 0 Å². The molecule has 0 saturated carbocycles. The Morgan fingerprint density at radius 3 is 2.75 bits per heavy atom. The van der Waals surface area contributed by atoms with E-state index >= 15 is 0 Å². The lowest BCUT2D eigenvalue weighted by Crippen LogP contribution is -2.24. The first-order valence-corrected chi connectivity index (χ1v) is 3.34. The number of hydrogen-bond donors (Lipinski definition) is 0. The van der Waals surface area contributed by atoms with E-state index < -0.39 is 0 Å². The fourth-order valence-electron chi connectivity index (χ4n) is 0.746. The largest absolute Gasteiger partial charge is 0.372 e. The standard InChI is InChI=1S/C6H10ClO/c1-5(7)4-6-2-3-8-6/h3,5-6H,2,4H2,1H3. The summed E-state index contributed by atoms with van der Waals surface area (Å²) in [6.45, 7) is 3.81. The van der Waals surface area contributed by atoms with Gasteiger partial charge in [-0.05, 0) is 13.3 Å². The topological polar surface area (TPSA) is 9.23 Å². The van der Waals surface area contributed by atoms with Gasteiger partial charge in [0.05, 0.1) is 12.7 Å². The molecule has 0 aromatic heterocycles. The van der Waals surface area contributed by atoms with E-state index in [1.165, 1.54) is 0 Å². The van der Waals surface area contributed by atoms with E-state index in [-0.39, 0.29) is 5.38 Å². The van der Waals surface area contributed by atoms with E-state index in [0.717, 1.165) is 12.8 Å². The van der Waals surface area contributed by atoms with Crippen LogP contribution >= 0.6 is 11.6 Å². The summed E-state index contributed by atoms with van der Waals surface area (Å²) in [5.74, 6) is 0. The Balaban J connectivity index is 2.01. The fourth-order valence-corrected chi connectivity index (χ4v) is 0.945. The molecule has 1 rings (SSSR count). The van der Waals surface area contributed by atoms with Crippen molar-refractivity contribution >= 4 is 11.6 Å². The van der Waals surface area contributed by atoms with E-state index in [0.29, 0.717) is 6.10 Å². The van der Waals surface area contributed by atoms with Gasteiger partial charge in [0, 0.05) is 11.8 Å². The van der Waals surface area contributed by atoms with E-state index in [1.807, 2.05) is 13.5 Å². The van der Waals surface area contributed by atoms with Gasteiger partial charge in [0.2, 0.25) is 0 Å². The Hall–Kier alpha value is 0.250. The number of hydrogen-bond acceptors (Lipinski definition) is 1. The van der Waals surface area contributed by atoms with Crippen LogP contribution in [0.15, 0.2) is 0 Å². The van der Waals surface area contributed by atoms with Crippen molar-refractivity contribution in [1.29, 1.82) is 0 Å². The molecule has 1 aliphatic heterocycles. The predicted molar refractivity (Wildman–Crippen MR) is 33.7 cm³/mol. The number of halogens is 1. The maximum absolute atomic E-state index is 5.69. The van der Waals surface area contributed by atoms with Gasteiger partial charge in [-0.3, -0.25) is 0 Å². The molecule has 1 fully saturated rings. The van der Waals surface area contributed by atoms with Gasteiger partial charge >= 0.3 is 0 Å². The molecule has 2 unspecified atom stereocenters. The molecule has 1 nitrogen and oxygen atoms in total. The van der Waals surface area contributed by atoms with Crippen molar-refractivity contribution in [2.24, 2.45) is 0 Å². The Bertz CT molecular complexity index is 68.9. The van der Waals surface area contributed by atoms with Crippen LogP contribution in [0.25, 0.3) is 0 Å². The van der Waals surface area contributed by atoms with Crippen molar-refractivity contribution in [3.8, 4) is 0 Å². The summed E-state index contributed by atoms with van der Waals surface area (Å²) in [6, 6.07) is 0. The van der Waals surface area contributed by atoms with E-state index in [9.17, 15) is 0 Å².